The average molecular weight is 350 g/mol. The highest BCUT2D eigenvalue weighted by Crippen LogP contribution is 2.16. The molecule has 1 N–H and O–H groups in total. The molecule has 2 aromatic carbocycles. The van der Waals surface area contributed by atoms with Gasteiger partial charge in [0, 0.05) is 26.3 Å². The number of aryl methyl sites for hydroxylation is 2. The number of halogens is 1. The summed E-state index contributed by atoms with van der Waals surface area (Å²) in [6.45, 7) is 1.97. The number of benzene rings is 2. The summed E-state index contributed by atoms with van der Waals surface area (Å²) in [4.78, 5) is 2.03. The van der Waals surface area contributed by atoms with Crippen molar-refractivity contribution in [2.45, 2.75) is 24.7 Å². The molecule has 0 saturated heterocycles. The Morgan fingerprint density at radius 1 is 1.08 bits per heavy atom. The molecule has 4 nitrogen and oxygen atoms in total. The van der Waals surface area contributed by atoms with Gasteiger partial charge in [-0.05, 0) is 55.2 Å². The van der Waals surface area contributed by atoms with Gasteiger partial charge in [-0.15, -0.1) is 0 Å². The molecule has 0 saturated carbocycles. The molecule has 0 aliphatic carbocycles. The van der Waals surface area contributed by atoms with Crippen LogP contribution < -0.4 is 9.62 Å². The van der Waals surface area contributed by atoms with Gasteiger partial charge in [-0.3, -0.25) is 0 Å². The van der Waals surface area contributed by atoms with Gasteiger partial charge in [0.2, 0.25) is 10.0 Å². The topological polar surface area (TPSA) is 49.4 Å². The van der Waals surface area contributed by atoms with E-state index >= 15 is 0 Å². The number of rotatable bonds is 7. The zero-order chi connectivity index (χ0) is 17.7. The highest BCUT2D eigenvalue weighted by atomic mass is 32.2. The molecule has 0 unspecified atom stereocenters. The van der Waals surface area contributed by atoms with Crippen molar-refractivity contribution in [1.82, 2.24) is 4.72 Å². The molecular weight excluding hydrogens is 327 g/mol. The highest BCUT2D eigenvalue weighted by molar-refractivity contribution is 7.89. The third kappa shape index (κ3) is 4.79. The van der Waals surface area contributed by atoms with Crippen molar-refractivity contribution in [3.8, 4) is 0 Å². The SMILES string of the molecule is Cc1ccc(F)cc1S(=O)(=O)NCCCc1ccc(N(C)C)cc1. The van der Waals surface area contributed by atoms with Crippen LogP contribution in [0.5, 0.6) is 0 Å². The molecule has 0 radical (unpaired) electrons. The number of nitrogens with zero attached hydrogens (tertiary/aromatic N) is 1. The van der Waals surface area contributed by atoms with Crippen LogP contribution in [0, 0.1) is 12.7 Å². The van der Waals surface area contributed by atoms with Gasteiger partial charge in [0.25, 0.3) is 0 Å². The van der Waals surface area contributed by atoms with Gasteiger partial charge in [-0.1, -0.05) is 18.2 Å². The fourth-order valence-corrected chi connectivity index (χ4v) is 3.73. The van der Waals surface area contributed by atoms with E-state index in [4.69, 9.17) is 0 Å². The largest absolute Gasteiger partial charge is 0.378 e. The normalized spacial score (nSPS) is 11.5. The van der Waals surface area contributed by atoms with Gasteiger partial charge < -0.3 is 4.90 Å². The molecule has 0 aliphatic heterocycles. The second-order valence-corrected chi connectivity index (χ2v) is 7.71. The molecule has 2 aromatic rings. The van der Waals surface area contributed by atoms with Crippen molar-refractivity contribution in [2.24, 2.45) is 0 Å². The molecule has 0 fully saturated rings. The maximum Gasteiger partial charge on any atom is 0.240 e. The van der Waals surface area contributed by atoms with Crippen molar-refractivity contribution in [3.63, 3.8) is 0 Å². The van der Waals surface area contributed by atoms with Crippen LogP contribution in [-0.2, 0) is 16.4 Å². The lowest BCUT2D eigenvalue weighted by atomic mass is 10.1. The first-order chi connectivity index (χ1) is 11.3. The zero-order valence-electron chi connectivity index (χ0n) is 14.2. The monoisotopic (exact) mass is 350 g/mol. The van der Waals surface area contributed by atoms with E-state index in [1.807, 2.05) is 43.3 Å². The first-order valence-corrected chi connectivity index (χ1v) is 9.30. The summed E-state index contributed by atoms with van der Waals surface area (Å²) in [5, 5.41) is 0. The molecule has 2 rings (SSSR count). The second-order valence-electron chi connectivity index (χ2n) is 5.97. The summed E-state index contributed by atoms with van der Waals surface area (Å²) < 4.78 is 40.3. The van der Waals surface area contributed by atoms with Crippen LogP contribution in [-0.4, -0.2) is 29.1 Å². The van der Waals surface area contributed by atoms with Gasteiger partial charge in [-0.2, -0.15) is 0 Å². The Morgan fingerprint density at radius 2 is 1.75 bits per heavy atom. The minimum Gasteiger partial charge on any atom is -0.378 e. The quantitative estimate of drug-likeness (QED) is 0.781. The summed E-state index contributed by atoms with van der Waals surface area (Å²) in [5.74, 6) is -0.554. The predicted molar refractivity (Wildman–Crippen MR) is 95.4 cm³/mol. The van der Waals surface area contributed by atoms with E-state index in [1.54, 1.807) is 6.92 Å². The van der Waals surface area contributed by atoms with Crippen LogP contribution in [0.2, 0.25) is 0 Å². The number of hydrogen-bond donors (Lipinski definition) is 1. The number of anilines is 1. The summed E-state index contributed by atoms with van der Waals surface area (Å²) in [5.41, 5.74) is 2.81. The third-order valence-corrected chi connectivity index (χ3v) is 5.43. The van der Waals surface area contributed by atoms with Gasteiger partial charge in [-0.25, -0.2) is 17.5 Å². The molecule has 0 bridgehead atoms. The summed E-state index contributed by atoms with van der Waals surface area (Å²) in [6.07, 6.45) is 1.45. The van der Waals surface area contributed by atoms with E-state index in [0.717, 1.165) is 23.7 Å². The van der Waals surface area contributed by atoms with Crippen molar-refractivity contribution >= 4 is 15.7 Å². The van der Waals surface area contributed by atoms with E-state index in [1.165, 1.54) is 12.1 Å². The molecule has 0 heterocycles. The molecule has 0 atom stereocenters. The van der Waals surface area contributed by atoms with Crippen LogP contribution >= 0.6 is 0 Å². The lowest BCUT2D eigenvalue weighted by molar-refractivity contribution is 0.574. The van der Waals surface area contributed by atoms with Crippen LogP contribution in [0.1, 0.15) is 17.5 Å². The standard InChI is InChI=1S/C18H23FN2O2S/c1-14-6-9-16(19)13-18(14)24(22,23)20-12-4-5-15-7-10-17(11-8-15)21(2)3/h6-11,13,20H,4-5,12H2,1-3H3. The molecule has 0 amide bonds. The molecular formula is C18H23FN2O2S. The van der Waals surface area contributed by atoms with Crippen LogP contribution in [0.4, 0.5) is 10.1 Å². The molecule has 0 aliphatic rings. The van der Waals surface area contributed by atoms with Crippen molar-refractivity contribution < 1.29 is 12.8 Å². The minimum absolute atomic E-state index is 0.00200. The lowest BCUT2D eigenvalue weighted by Gasteiger charge is -2.13. The van der Waals surface area contributed by atoms with E-state index in [-0.39, 0.29) is 4.90 Å². The van der Waals surface area contributed by atoms with Crippen molar-refractivity contribution in [2.75, 3.05) is 25.5 Å². The first kappa shape index (κ1) is 18.4. The van der Waals surface area contributed by atoms with E-state index in [2.05, 4.69) is 4.72 Å². The van der Waals surface area contributed by atoms with Crippen LogP contribution in [0.15, 0.2) is 47.4 Å². The molecule has 0 spiro atoms. The van der Waals surface area contributed by atoms with E-state index in [9.17, 15) is 12.8 Å². The van der Waals surface area contributed by atoms with Gasteiger partial charge in [0.05, 0.1) is 4.90 Å². The van der Waals surface area contributed by atoms with Gasteiger partial charge in [0.1, 0.15) is 5.82 Å². The van der Waals surface area contributed by atoms with Crippen LogP contribution in [0.25, 0.3) is 0 Å². The molecule has 6 heteroatoms. The predicted octanol–water partition coefficient (Wildman–Crippen LogP) is 3.11. The number of sulfonamides is 1. The smallest absolute Gasteiger partial charge is 0.240 e. The number of hydrogen-bond acceptors (Lipinski definition) is 3. The van der Waals surface area contributed by atoms with Gasteiger partial charge in [0.15, 0.2) is 0 Å². The average Bonchev–Trinajstić information content (AvgIpc) is 2.54. The maximum absolute atomic E-state index is 13.3. The Morgan fingerprint density at radius 3 is 2.38 bits per heavy atom. The summed E-state index contributed by atoms with van der Waals surface area (Å²) >= 11 is 0. The molecule has 0 aromatic heterocycles. The maximum atomic E-state index is 13.3. The zero-order valence-corrected chi connectivity index (χ0v) is 15.0. The third-order valence-electron chi connectivity index (χ3n) is 3.83. The first-order valence-electron chi connectivity index (χ1n) is 7.82. The van der Waals surface area contributed by atoms with E-state index < -0.39 is 15.8 Å². The summed E-state index contributed by atoms with van der Waals surface area (Å²) in [7, 11) is 0.286. The Balaban J connectivity index is 1.90. The lowest BCUT2D eigenvalue weighted by Crippen LogP contribution is -2.26. The van der Waals surface area contributed by atoms with Crippen LogP contribution in [0.3, 0.4) is 0 Å². The Hall–Kier alpha value is -1.92. The Bertz CT molecular complexity index is 787. The summed E-state index contributed by atoms with van der Waals surface area (Å²) in [6, 6.07) is 11.9. The Labute approximate surface area is 143 Å². The van der Waals surface area contributed by atoms with Crippen molar-refractivity contribution in [1.29, 1.82) is 0 Å². The minimum atomic E-state index is -3.68. The number of nitrogens with one attached hydrogen (secondary N) is 1. The van der Waals surface area contributed by atoms with Crippen molar-refractivity contribution in [3.05, 3.63) is 59.4 Å². The second kappa shape index (κ2) is 7.77. The van der Waals surface area contributed by atoms with Gasteiger partial charge >= 0.3 is 0 Å². The Kier molecular flexibility index (Phi) is 5.96. The fourth-order valence-electron chi connectivity index (χ4n) is 2.40. The fraction of sp³-hybridized carbons (Fsp3) is 0.333. The molecule has 130 valence electrons. The molecule has 24 heavy (non-hydrogen) atoms. The van der Waals surface area contributed by atoms with E-state index in [0.29, 0.717) is 18.5 Å². The highest BCUT2D eigenvalue weighted by Gasteiger charge is 2.16.